The lowest BCUT2D eigenvalue weighted by molar-refractivity contribution is -0.134. The molecule has 0 aliphatic carbocycles. The quantitative estimate of drug-likeness (QED) is 0.541. The van der Waals surface area contributed by atoms with E-state index in [9.17, 15) is 9.59 Å². The number of aromatic nitrogens is 1. The normalized spacial score (nSPS) is 16.6. The highest BCUT2D eigenvalue weighted by Crippen LogP contribution is 2.33. The summed E-state index contributed by atoms with van der Waals surface area (Å²) in [6, 6.07) is 13.5. The molecule has 1 aromatic heterocycles. The molecule has 166 valence electrons. The highest BCUT2D eigenvalue weighted by Gasteiger charge is 2.29. The summed E-state index contributed by atoms with van der Waals surface area (Å²) in [5.74, 6) is -1.07. The molecule has 2 heterocycles. The predicted octanol–water partition coefficient (Wildman–Crippen LogP) is 2.30. The monoisotopic (exact) mass is 430 g/mol. The Hall–Kier alpha value is -3.43. The summed E-state index contributed by atoms with van der Waals surface area (Å²) >= 11 is 0. The SMILES string of the molecule is CCOc1ccccc1OC(c1ccccn1)C1CNCCO1.O=C(O)C=CC(=O)O. The van der Waals surface area contributed by atoms with Gasteiger partial charge in [-0.2, -0.15) is 0 Å². The van der Waals surface area contributed by atoms with Gasteiger partial charge in [-0.05, 0) is 31.2 Å². The van der Waals surface area contributed by atoms with Crippen molar-refractivity contribution in [2.24, 2.45) is 0 Å². The van der Waals surface area contributed by atoms with E-state index in [1.54, 1.807) is 6.20 Å². The van der Waals surface area contributed by atoms with Crippen LogP contribution < -0.4 is 14.8 Å². The zero-order chi connectivity index (χ0) is 22.5. The van der Waals surface area contributed by atoms with Gasteiger partial charge >= 0.3 is 11.9 Å². The second-order valence-corrected chi connectivity index (χ2v) is 6.30. The smallest absolute Gasteiger partial charge is 0.328 e. The molecule has 0 bridgehead atoms. The zero-order valence-corrected chi connectivity index (χ0v) is 17.1. The Kier molecular flexibility index (Phi) is 9.99. The van der Waals surface area contributed by atoms with Crippen molar-refractivity contribution in [2.75, 3.05) is 26.3 Å². The Bertz CT molecular complexity index is 836. The van der Waals surface area contributed by atoms with Crippen LogP contribution in [-0.2, 0) is 14.3 Å². The summed E-state index contributed by atoms with van der Waals surface area (Å²) < 4.78 is 17.8. The number of nitrogens with zero attached hydrogens (tertiary/aromatic N) is 1. The lowest BCUT2D eigenvalue weighted by atomic mass is 10.1. The number of carboxylic acid groups (broad SMARTS) is 2. The first-order valence-corrected chi connectivity index (χ1v) is 9.77. The Labute approximate surface area is 180 Å². The first-order valence-electron chi connectivity index (χ1n) is 9.77. The Morgan fingerprint density at radius 3 is 2.39 bits per heavy atom. The van der Waals surface area contributed by atoms with E-state index in [0.29, 0.717) is 31.1 Å². The molecule has 0 radical (unpaired) electrons. The molecule has 1 aromatic carbocycles. The largest absolute Gasteiger partial charge is 0.490 e. The number of hydrogen-bond acceptors (Lipinski definition) is 7. The Morgan fingerprint density at radius 2 is 1.84 bits per heavy atom. The first kappa shape index (κ1) is 23.8. The van der Waals surface area contributed by atoms with Gasteiger partial charge in [0.25, 0.3) is 0 Å². The molecular formula is C22H26N2O7. The maximum Gasteiger partial charge on any atom is 0.328 e. The van der Waals surface area contributed by atoms with Crippen molar-refractivity contribution in [1.29, 1.82) is 0 Å². The van der Waals surface area contributed by atoms with Crippen molar-refractivity contribution in [3.8, 4) is 11.5 Å². The summed E-state index contributed by atoms with van der Waals surface area (Å²) in [5, 5.41) is 19.0. The van der Waals surface area contributed by atoms with E-state index in [-0.39, 0.29) is 12.2 Å². The average Bonchev–Trinajstić information content (AvgIpc) is 2.79. The van der Waals surface area contributed by atoms with Crippen LogP contribution in [0.3, 0.4) is 0 Å². The number of morpholine rings is 1. The van der Waals surface area contributed by atoms with Crippen LogP contribution in [0.5, 0.6) is 11.5 Å². The number of rotatable bonds is 8. The average molecular weight is 430 g/mol. The van der Waals surface area contributed by atoms with Crippen molar-refractivity contribution in [2.45, 2.75) is 19.1 Å². The lowest BCUT2D eigenvalue weighted by Crippen LogP contribution is -2.43. The number of carbonyl (C=O) groups is 2. The molecule has 1 aliphatic rings. The van der Waals surface area contributed by atoms with Gasteiger partial charge in [0, 0.05) is 31.4 Å². The molecule has 1 fully saturated rings. The van der Waals surface area contributed by atoms with Gasteiger partial charge in [-0.15, -0.1) is 0 Å². The maximum atomic E-state index is 9.55. The van der Waals surface area contributed by atoms with Crippen LogP contribution in [-0.4, -0.2) is 59.5 Å². The van der Waals surface area contributed by atoms with Crippen LogP contribution in [0.15, 0.2) is 60.8 Å². The molecule has 2 atom stereocenters. The second-order valence-electron chi connectivity index (χ2n) is 6.30. The molecule has 1 saturated heterocycles. The minimum atomic E-state index is -1.26. The second kappa shape index (κ2) is 13.0. The van der Waals surface area contributed by atoms with Gasteiger partial charge in [-0.25, -0.2) is 9.59 Å². The van der Waals surface area contributed by atoms with Crippen molar-refractivity contribution in [3.63, 3.8) is 0 Å². The first-order chi connectivity index (χ1) is 15.0. The molecule has 3 rings (SSSR count). The summed E-state index contributed by atoms with van der Waals surface area (Å²) in [4.78, 5) is 23.6. The number of pyridine rings is 1. The standard InChI is InChI=1S/C18H22N2O3.C4H4O4/c1-2-21-15-8-3-4-9-16(15)23-18(14-7-5-6-10-20-14)17-13-19-11-12-22-17;5-3(6)1-2-4(7)8/h3-10,17-19H,2,11-13H2,1H3;1-2H,(H,5,6)(H,7,8). The minimum absolute atomic E-state index is 0.0895. The van der Waals surface area contributed by atoms with Crippen LogP contribution in [0.1, 0.15) is 18.7 Å². The van der Waals surface area contributed by atoms with Crippen LogP contribution >= 0.6 is 0 Å². The molecule has 2 aromatic rings. The van der Waals surface area contributed by atoms with E-state index in [4.69, 9.17) is 24.4 Å². The number of para-hydroxylation sites is 2. The molecule has 2 unspecified atom stereocenters. The van der Waals surface area contributed by atoms with Crippen LogP contribution in [0.2, 0.25) is 0 Å². The van der Waals surface area contributed by atoms with E-state index in [1.807, 2.05) is 49.4 Å². The highest BCUT2D eigenvalue weighted by atomic mass is 16.6. The predicted molar refractivity (Wildman–Crippen MR) is 112 cm³/mol. The van der Waals surface area contributed by atoms with Crippen molar-refractivity contribution < 1.29 is 34.0 Å². The van der Waals surface area contributed by atoms with E-state index in [2.05, 4.69) is 10.3 Å². The van der Waals surface area contributed by atoms with Gasteiger partial charge < -0.3 is 29.7 Å². The van der Waals surface area contributed by atoms with Gasteiger partial charge in [0.2, 0.25) is 0 Å². The topological polar surface area (TPSA) is 127 Å². The van der Waals surface area contributed by atoms with E-state index in [0.717, 1.165) is 24.5 Å². The zero-order valence-electron chi connectivity index (χ0n) is 17.1. The Balaban J connectivity index is 0.000000366. The third kappa shape index (κ3) is 8.45. The third-order valence-corrected chi connectivity index (χ3v) is 4.04. The number of benzene rings is 1. The molecule has 1 aliphatic heterocycles. The third-order valence-electron chi connectivity index (χ3n) is 4.04. The van der Waals surface area contributed by atoms with Crippen LogP contribution in [0, 0.1) is 0 Å². The molecular weight excluding hydrogens is 404 g/mol. The lowest BCUT2D eigenvalue weighted by Gasteiger charge is -2.31. The minimum Gasteiger partial charge on any atom is -0.490 e. The fourth-order valence-corrected chi connectivity index (χ4v) is 2.75. The summed E-state index contributed by atoms with van der Waals surface area (Å²) in [6.07, 6.45) is 2.51. The van der Waals surface area contributed by atoms with Gasteiger partial charge in [0.15, 0.2) is 17.6 Å². The highest BCUT2D eigenvalue weighted by molar-refractivity contribution is 5.89. The van der Waals surface area contributed by atoms with Crippen molar-refractivity contribution in [3.05, 3.63) is 66.5 Å². The van der Waals surface area contributed by atoms with Crippen LogP contribution in [0.4, 0.5) is 0 Å². The van der Waals surface area contributed by atoms with Gasteiger partial charge in [0.05, 0.1) is 18.9 Å². The Morgan fingerprint density at radius 1 is 1.16 bits per heavy atom. The summed E-state index contributed by atoms with van der Waals surface area (Å²) in [7, 11) is 0. The molecule has 0 amide bonds. The fourth-order valence-electron chi connectivity index (χ4n) is 2.75. The number of carboxylic acids is 2. The van der Waals surface area contributed by atoms with E-state index < -0.39 is 11.9 Å². The molecule has 31 heavy (non-hydrogen) atoms. The molecule has 0 spiro atoms. The van der Waals surface area contributed by atoms with E-state index in [1.165, 1.54) is 0 Å². The number of hydrogen-bond donors (Lipinski definition) is 3. The fraction of sp³-hybridized carbons (Fsp3) is 0.318. The molecule has 0 saturated carbocycles. The summed E-state index contributed by atoms with van der Waals surface area (Å²) in [6.45, 7) is 4.82. The number of ether oxygens (including phenoxy) is 3. The van der Waals surface area contributed by atoms with Gasteiger partial charge in [0.1, 0.15) is 6.10 Å². The van der Waals surface area contributed by atoms with E-state index >= 15 is 0 Å². The summed E-state index contributed by atoms with van der Waals surface area (Å²) in [5.41, 5.74) is 0.854. The number of aliphatic carboxylic acids is 2. The van der Waals surface area contributed by atoms with Crippen molar-refractivity contribution >= 4 is 11.9 Å². The maximum absolute atomic E-state index is 9.55. The molecule has 3 N–H and O–H groups in total. The van der Waals surface area contributed by atoms with Gasteiger partial charge in [-0.3, -0.25) is 4.98 Å². The van der Waals surface area contributed by atoms with Gasteiger partial charge in [-0.1, -0.05) is 18.2 Å². The molecule has 9 nitrogen and oxygen atoms in total. The number of nitrogens with one attached hydrogen (secondary N) is 1. The van der Waals surface area contributed by atoms with Crippen LogP contribution in [0.25, 0.3) is 0 Å². The molecule has 9 heteroatoms. The van der Waals surface area contributed by atoms with Crippen molar-refractivity contribution in [1.82, 2.24) is 10.3 Å².